The van der Waals surface area contributed by atoms with Crippen LogP contribution in [0.1, 0.15) is 29.9 Å². The Labute approximate surface area is 170 Å². The standard InChI is InChI=1S/C22H24N4O3/c1-14(2)29-20-8-6-5-7-16(20)23-21-12-10-17(25-26-21)22(27)24-18-13-15(3)9-11-19(18)28-4/h5-14H,1-4H3,(H,23,26)(H,24,27). The van der Waals surface area contributed by atoms with E-state index in [0.29, 0.717) is 17.3 Å². The van der Waals surface area contributed by atoms with Gasteiger partial charge in [-0.3, -0.25) is 4.79 Å². The summed E-state index contributed by atoms with van der Waals surface area (Å²) < 4.78 is 11.1. The van der Waals surface area contributed by atoms with Gasteiger partial charge in [0, 0.05) is 0 Å². The molecule has 7 heteroatoms. The minimum atomic E-state index is -0.364. The number of hydrogen-bond acceptors (Lipinski definition) is 6. The van der Waals surface area contributed by atoms with Gasteiger partial charge in [0.25, 0.3) is 5.91 Å². The number of rotatable bonds is 7. The van der Waals surface area contributed by atoms with Gasteiger partial charge in [-0.2, -0.15) is 0 Å². The van der Waals surface area contributed by atoms with Crippen LogP contribution in [0.25, 0.3) is 0 Å². The number of amides is 1. The fourth-order valence-electron chi connectivity index (χ4n) is 2.69. The molecule has 0 atom stereocenters. The van der Waals surface area contributed by atoms with Crippen molar-refractivity contribution in [1.82, 2.24) is 10.2 Å². The second-order valence-corrected chi connectivity index (χ2v) is 6.75. The first-order valence-electron chi connectivity index (χ1n) is 9.28. The first-order valence-corrected chi connectivity index (χ1v) is 9.28. The fraction of sp³-hybridized carbons (Fsp3) is 0.227. The second-order valence-electron chi connectivity index (χ2n) is 6.75. The van der Waals surface area contributed by atoms with Crippen LogP contribution in [0.4, 0.5) is 17.2 Å². The number of carbonyl (C=O) groups excluding carboxylic acids is 1. The van der Waals surface area contributed by atoms with Crippen molar-refractivity contribution in [3.8, 4) is 11.5 Å². The average Bonchev–Trinajstić information content (AvgIpc) is 2.70. The van der Waals surface area contributed by atoms with Crippen LogP contribution < -0.4 is 20.1 Å². The van der Waals surface area contributed by atoms with E-state index in [0.717, 1.165) is 17.0 Å². The van der Waals surface area contributed by atoms with Gasteiger partial charge >= 0.3 is 0 Å². The van der Waals surface area contributed by atoms with E-state index in [1.165, 1.54) is 0 Å². The molecule has 0 fully saturated rings. The van der Waals surface area contributed by atoms with E-state index in [1.54, 1.807) is 25.3 Å². The van der Waals surface area contributed by atoms with Crippen molar-refractivity contribution < 1.29 is 14.3 Å². The fourth-order valence-corrected chi connectivity index (χ4v) is 2.69. The van der Waals surface area contributed by atoms with Gasteiger partial charge in [-0.1, -0.05) is 18.2 Å². The van der Waals surface area contributed by atoms with Crippen LogP contribution in [0.3, 0.4) is 0 Å². The van der Waals surface area contributed by atoms with Crippen LogP contribution in [0, 0.1) is 6.92 Å². The smallest absolute Gasteiger partial charge is 0.276 e. The highest BCUT2D eigenvalue weighted by molar-refractivity contribution is 6.03. The lowest BCUT2D eigenvalue weighted by molar-refractivity contribution is 0.102. The molecule has 1 amide bonds. The van der Waals surface area contributed by atoms with Gasteiger partial charge in [0.05, 0.1) is 24.6 Å². The highest BCUT2D eigenvalue weighted by Gasteiger charge is 2.13. The number of anilines is 3. The van der Waals surface area contributed by atoms with Crippen LogP contribution in [0.5, 0.6) is 11.5 Å². The van der Waals surface area contributed by atoms with Crippen molar-refractivity contribution in [3.63, 3.8) is 0 Å². The van der Waals surface area contributed by atoms with Crippen molar-refractivity contribution >= 4 is 23.1 Å². The maximum Gasteiger partial charge on any atom is 0.276 e. The van der Waals surface area contributed by atoms with E-state index in [-0.39, 0.29) is 17.7 Å². The second kappa shape index (κ2) is 9.05. The van der Waals surface area contributed by atoms with Gasteiger partial charge in [0.1, 0.15) is 11.5 Å². The first kappa shape index (κ1) is 20.1. The van der Waals surface area contributed by atoms with E-state index in [4.69, 9.17) is 9.47 Å². The molecule has 0 aliphatic rings. The molecule has 2 N–H and O–H groups in total. The van der Waals surface area contributed by atoms with Gasteiger partial charge in [0.15, 0.2) is 11.5 Å². The summed E-state index contributed by atoms with van der Waals surface area (Å²) in [6.07, 6.45) is 0.0497. The number of ether oxygens (including phenoxy) is 2. The van der Waals surface area contributed by atoms with Gasteiger partial charge in [-0.05, 0) is 62.7 Å². The largest absolute Gasteiger partial charge is 0.495 e. The molecular weight excluding hydrogens is 368 g/mol. The Morgan fingerprint density at radius 1 is 0.966 bits per heavy atom. The van der Waals surface area contributed by atoms with Crippen LogP contribution in [0.15, 0.2) is 54.6 Å². The van der Waals surface area contributed by atoms with Crippen molar-refractivity contribution in [2.24, 2.45) is 0 Å². The molecular formula is C22H24N4O3. The van der Waals surface area contributed by atoms with Gasteiger partial charge < -0.3 is 20.1 Å². The molecule has 150 valence electrons. The number of methoxy groups -OCH3 is 1. The zero-order valence-corrected chi connectivity index (χ0v) is 16.9. The predicted molar refractivity (Wildman–Crippen MR) is 113 cm³/mol. The number of para-hydroxylation sites is 2. The van der Waals surface area contributed by atoms with Crippen molar-refractivity contribution in [1.29, 1.82) is 0 Å². The van der Waals surface area contributed by atoms with Crippen LogP contribution in [0.2, 0.25) is 0 Å². The molecule has 0 spiro atoms. The molecule has 2 aromatic carbocycles. The molecule has 0 saturated heterocycles. The van der Waals surface area contributed by atoms with Crippen molar-refractivity contribution in [3.05, 3.63) is 65.9 Å². The molecule has 0 radical (unpaired) electrons. The molecule has 0 aliphatic carbocycles. The number of aryl methyl sites for hydroxylation is 1. The molecule has 3 aromatic rings. The highest BCUT2D eigenvalue weighted by Crippen LogP contribution is 2.28. The third-order valence-electron chi connectivity index (χ3n) is 4.01. The van der Waals surface area contributed by atoms with Crippen molar-refractivity contribution in [2.45, 2.75) is 26.9 Å². The molecule has 0 bridgehead atoms. The number of benzene rings is 2. The summed E-state index contributed by atoms with van der Waals surface area (Å²) in [5.41, 5.74) is 2.57. The summed E-state index contributed by atoms with van der Waals surface area (Å²) >= 11 is 0. The van der Waals surface area contributed by atoms with Gasteiger partial charge in [-0.25, -0.2) is 0 Å². The molecule has 3 rings (SSSR count). The predicted octanol–water partition coefficient (Wildman–Crippen LogP) is 4.58. The zero-order chi connectivity index (χ0) is 20.8. The average molecular weight is 392 g/mol. The Balaban J connectivity index is 1.72. The summed E-state index contributed by atoms with van der Waals surface area (Å²) in [6.45, 7) is 5.87. The van der Waals surface area contributed by atoms with Gasteiger partial charge in [-0.15, -0.1) is 10.2 Å². The molecule has 1 aromatic heterocycles. The molecule has 0 unspecified atom stereocenters. The maximum atomic E-state index is 12.5. The van der Waals surface area contributed by atoms with E-state index < -0.39 is 0 Å². The maximum absolute atomic E-state index is 12.5. The summed E-state index contributed by atoms with van der Waals surface area (Å²) in [6, 6.07) is 16.4. The van der Waals surface area contributed by atoms with Crippen molar-refractivity contribution in [2.75, 3.05) is 17.7 Å². The van der Waals surface area contributed by atoms with E-state index in [9.17, 15) is 4.79 Å². The summed E-state index contributed by atoms with van der Waals surface area (Å²) in [5, 5.41) is 14.1. The Kier molecular flexibility index (Phi) is 6.29. The van der Waals surface area contributed by atoms with Crippen LogP contribution in [-0.2, 0) is 0 Å². The Bertz CT molecular complexity index is 988. The van der Waals surface area contributed by atoms with E-state index in [2.05, 4.69) is 20.8 Å². The Morgan fingerprint density at radius 2 is 1.76 bits per heavy atom. The molecule has 7 nitrogen and oxygen atoms in total. The number of nitrogens with one attached hydrogen (secondary N) is 2. The third kappa shape index (κ3) is 5.22. The lowest BCUT2D eigenvalue weighted by Crippen LogP contribution is -2.15. The quantitative estimate of drug-likeness (QED) is 0.612. The molecule has 1 heterocycles. The molecule has 0 aliphatic heterocycles. The summed E-state index contributed by atoms with van der Waals surface area (Å²) in [5.74, 6) is 1.45. The summed E-state index contributed by atoms with van der Waals surface area (Å²) in [4.78, 5) is 12.5. The first-order chi connectivity index (χ1) is 14.0. The van der Waals surface area contributed by atoms with E-state index in [1.807, 2.05) is 57.2 Å². The topological polar surface area (TPSA) is 85.4 Å². The lowest BCUT2D eigenvalue weighted by Gasteiger charge is -2.15. The normalized spacial score (nSPS) is 10.5. The number of nitrogens with zero attached hydrogens (tertiary/aromatic N) is 2. The van der Waals surface area contributed by atoms with Crippen LogP contribution >= 0.6 is 0 Å². The zero-order valence-electron chi connectivity index (χ0n) is 16.9. The SMILES string of the molecule is COc1ccc(C)cc1NC(=O)c1ccc(Nc2ccccc2OC(C)C)nn1. The molecule has 0 saturated carbocycles. The summed E-state index contributed by atoms with van der Waals surface area (Å²) in [7, 11) is 1.56. The lowest BCUT2D eigenvalue weighted by atomic mass is 10.2. The minimum absolute atomic E-state index is 0.0497. The Morgan fingerprint density at radius 3 is 2.45 bits per heavy atom. The molecule has 29 heavy (non-hydrogen) atoms. The monoisotopic (exact) mass is 392 g/mol. The minimum Gasteiger partial charge on any atom is -0.495 e. The highest BCUT2D eigenvalue weighted by atomic mass is 16.5. The van der Waals surface area contributed by atoms with E-state index >= 15 is 0 Å². The number of aromatic nitrogens is 2. The van der Waals surface area contributed by atoms with Crippen LogP contribution in [-0.4, -0.2) is 29.3 Å². The number of carbonyl (C=O) groups is 1. The Hall–Kier alpha value is -3.61. The third-order valence-corrected chi connectivity index (χ3v) is 4.01. The number of hydrogen-bond donors (Lipinski definition) is 2. The van der Waals surface area contributed by atoms with Gasteiger partial charge in [0.2, 0.25) is 0 Å².